The van der Waals surface area contributed by atoms with Gasteiger partial charge in [0, 0.05) is 19.7 Å². The van der Waals surface area contributed by atoms with Gasteiger partial charge in [0.25, 0.3) is 0 Å². The monoisotopic (exact) mass is 621 g/mol. The zero-order chi connectivity index (χ0) is 31.0. The number of carbonyl (C=O) groups excluding carboxylic acids is 1. The largest absolute Gasteiger partial charge is 0.573 e. The van der Waals surface area contributed by atoms with Crippen molar-refractivity contribution in [3.05, 3.63) is 64.6 Å². The van der Waals surface area contributed by atoms with E-state index in [4.69, 9.17) is 0 Å². The van der Waals surface area contributed by atoms with E-state index in [1.807, 2.05) is 23.3 Å². The maximum absolute atomic E-state index is 12.4. The molecular formula is C27H34F3N9O3S. The number of anilines is 2. The number of hydrogen-bond donors (Lipinski definition) is 3. The van der Waals surface area contributed by atoms with E-state index in [1.54, 1.807) is 12.1 Å². The van der Waals surface area contributed by atoms with E-state index in [0.29, 0.717) is 42.5 Å². The number of benzene rings is 1. The first kappa shape index (κ1) is 31.9. The first-order chi connectivity index (χ1) is 20.4. The van der Waals surface area contributed by atoms with Crippen molar-refractivity contribution in [2.75, 3.05) is 30.5 Å². The molecule has 3 heterocycles. The third-order valence-electron chi connectivity index (χ3n) is 6.33. The van der Waals surface area contributed by atoms with Crippen molar-refractivity contribution in [1.29, 1.82) is 0 Å². The molecule has 4 rings (SSSR count). The van der Waals surface area contributed by atoms with Crippen LogP contribution in [0.1, 0.15) is 43.0 Å². The third kappa shape index (κ3) is 10.0. The molecule has 0 fully saturated rings. The molecule has 0 bridgehead atoms. The van der Waals surface area contributed by atoms with Crippen molar-refractivity contribution in [1.82, 2.24) is 35.9 Å². The van der Waals surface area contributed by atoms with Crippen LogP contribution in [0.15, 0.2) is 48.3 Å². The number of unbranched alkanes of at least 4 members (excludes halogenated alkanes) is 1. The fraction of sp³-hybridized carbons (Fsp3) is 0.444. The second kappa shape index (κ2) is 14.4. The first-order valence-corrected chi connectivity index (χ1v) is 14.5. The van der Waals surface area contributed by atoms with Gasteiger partial charge in [-0.2, -0.15) is 5.10 Å². The predicted molar refractivity (Wildman–Crippen MR) is 154 cm³/mol. The number of hydrazine groups is 2. The molecule has 0 aliphatic carbocycles. The number of ether oxygens (including phenoxy) is 1. The molecule has 1 aliphatic rings. The number of halogens is 3. The Balaban J connectivity index is 1.15. The minimum Gasteiger partial charge on any atom is -0.406 e. The second-order valence-corrected chi connectivity index (χ2v) is 11.2. The van der Waals surface area contributed by atoms with Gasteiger partial charge in [0.1, 0.15) is 10.8 Å². The molecule has 0 saturated heterocycles. The van der Waals surface area contributed by atoms with E-state index in [2.05, 4.69) is 49.8 Å². The molecule has 43 heavy (non-hydrogen) atoms. The van der Waals surface area contributed by atoms with Crippen molar-refractivity contribution < 1.29 is 27.9 Å². The van der Waals surface area contributed by atoms with Gasteiger partial charge in [-0.15, -0.1) is 34.0 Å². The maximum atomic E-state index is 12.4. The minimum atomic E-state index is -4.80. The third-order valence-corrected chi connectivity index (χ3v) is 7.33. The lowest BCUT2D eigenvalue weighted by Crippen LogP contribution is -2.41. The smallest absolute Gasteiger partial charge is 0.406 e. The summed E-state index contributed by atoms with van der Waals surface area (Å²) in [6.45, 7) is 5.16. The van der Waals surface area contributed by atoms with Gasteiger partial charge in [0.15, 0.2) is 5.82 Å². The number of amides is 1. The van der Waals surface area contributed by atoms with E-state index < -0.39 is 12.3 Å². The average molecular weight is 622 g/mol. The molecule has 3 N–H and O–H groups in total. The van der Waals surface area contributed by atoms with Crippen molar-refractivity contribution in [2.45, 2.75) is 52.3 Å². The van der Waals surface area contributed by atoms with Crippen LogP contribution in [0.4, 0.5) is 24.1 Å². The summed E-state index contributed by atoms with van der Waals surface area (Å²) in [5.74, 6) is -0.201. The highest BCUT2D eigenvalue weighted by Crippen LogP contribution is 2.24. The van der Waals surface area contributed by atoms with Crippen molar-refractivity contribution in [3.63, 3.8) is 0 Å². The molecule has 1 aromatic carbocycles. The van der Waals surface area contributed by atoms with Crippen LogP contribution in [0, 0.1) is 5.92 Å². The fourth-order valence-electron chi connectivity index (χ4n) is 4.29. The molecule has 1 amide bonds. The molecule has 0 spiro atoms. The van der Waals surface area contributed by atoms with Gasteiger partial charge in [0.05, 0.1) is 30.9 Å². The quantitative estimate of drug-likeness (QED) is 0.176. The zero-order valence-corrected chi connectivity index (χ0v) is 24.8. The van der Waals surface area contributed by atoms with Crippen molar-refractivity contribution in [3.8, 4) is 5.75 Å². The molecule has 0 saturated carbocycles. The summed E-state index contributed by atoms with van der Waals surface area (Å²) in [6.07, 6.45) is 0.125. The number of hydrogen-bond acceptors (Lipinski definition) is 12. The number of carbonyl (C=O) groups is 1. The van der Waals surface area contributed by atoms with E-state index in [-0.39, 0.29) is 18.0 Å². The Kier molecular flexibility index (Phi) is 10.7. The number of aryl methyl sites for hydroxylation is 2. The van der Waals surface area contributed by atoms with Crippen LogP contribution in [-0.2, 0) is 24.1 Å². The lowest BCUT2D eigenvalue weighted by atomic mass is 10.1. The highest BCUT2D eigenvalue weighted by atomic mass is 32.1. The highest BCUT2D eigenvalue weighted by molar-refractivity contribution is 7.15. The number of allylic oxidation sites excluding steroid dienone is 1. The molecule has 0 atom stereocenters. The van der Waals surface area contributed by atoms with Crippen LogP contribution in [0.3, 0.4) is 0 Å². The van der Waals surface area contributed by atoms with E-state index >= 15 is 0 Å². The highest BCUT2D eigenvalue weighted by Gasteiger charge is 2.31. The van der Waals surface area contributed by atoms with Crippen LogP contribution in [0.2, 0.25) is 0 Å². The molecule has 3 aromatic rings. The second-order valence-electron chi connectivity index (χ2n) is 10.2. The minimum absolute atomic E-state index is 0.149. The Hall–Kier alpha value is -4.02. The van der Waals surface area contributed by atoms with E-state index in [1.165, 1.54) is 29.5 Å². The summed E-state index contributed by atoms with van der Waals surface area (Å²) in [5.41, 5.74) is 5.50. The summed E-state index contributed by atoms with van der Waals surface area (Å²) in [5, 5.41) is 35.7. The van der Waals surface area contributed by atoms with E-state index in [0.717, 1.165) is 40.4 Å². The summed E-state index contributed by atoms with van der Waals surface area (Å²) in [4.78, 5) is 12.3. The number of nitrogens with one attached hydrogen (secondary N) is 2. The molecule has 12 nitrogen and oxygen atoms in total. The summed E-state index contributed by atoms with van der Waals surface area (Å²) >= 11 is 1.35. The number of rotatable bonds is 14. The van der Waals surface area contributed by atoms with E-state index in [9.17, 15) is 23.2 Å². The molecule has 0 radical (unpaired) electrons. The Morgan fingerprint density at radius 1 is 1.14 bits per heavy atom. The summed E-state index contributed by atoms with van der Waals surface area (Å²) in [7, 11) is 1.96. The Morgan fingerprint density at radius 3 is 2.63 bits per heavy atom. The molecular weight excluding hydrogens is 587 g/mol. The Labute approximate surface area is 251 Å². The fourth-order valence-corrected chi connectivity index (χ4v) is 5.11. The van der Waals surface area contributed by atoms with Crippen LogP contribution >= 0.6 is 11.3 Å². The maximum Gasteiger partial charge on any atom is 0.573 e. The molecule has 232 valence electrons. The van der Waals surface area contributed by atoms with Gasteiger partial charge in [-0.3, -0.25) is 20.0 Å². The standard InChI is InChI=1S/C27H34F3N9O3S/c1-18(2)22-17-38(36-37(22)3)13-14-39(41)26-35-34-25(43-26)10-5-4-8-20-11-12-23(33-32-20)31-24(40)16-19-7-6-9-21(15-19)42-27(28,29)30/h6-7,9,11-12,15,17-18,36,41H,4-5,8,10,13-14,16H2,1-3H3,(H,31,33,40). The average Bonchev–Trinajstić information content (AvgIpc) is 3.56. The van der Waals surface area contributed by atoms with Crippen LogP contribution in [0.5, 0.6) is 5.75 Å². The van der Waals surface area contributed by atoms with Crippen molar-refractivity contribution >= 4 is 28.2 Å². The normalized spacial score (nSPS) is 13.4. The van der Waals surface area contributed by atoms with Gasteiger partial charge in [-0.25, -0.2) is 5.06 Å². The molecule has 0 unspecified atom stereocenters. The van der Waals surface area contributed by atoms with Gasteiger partial charge in [0.2, 0.25) is 11.0 Å². The van der Waals surface area contributed by atoms with Crippen LogP contribution < -0.4 is 20.7 Å². The Bertz CT molecular complexity index is 1390. The first-order valence-electron chi connectivity index (χ1n) is 13.7. The van der Waals surface area contributed by atoms with Crippen LogP contribution in [-0.4, -0.2) is 68.0 Å². The van der Waals surface area contributed by atoms with Gasteiger partial charge < -0.3 is 10.1 Å². The number of aromatic nitrogens is 4. The lowest BCUT2D eigenvalue weighted by Gasteiger charge is -2.23. The number of nitrogens with zero attached hydrogens (tertiary/aromatic N) is 7. The van der Waals surface area contributed by atoms with Gasteiger partial charge in [-0.1, -0.05) is 37.3 Å². The van der Waals surface area contributed by atoms with Gasteiger partial charge in [-0.05, 0) is 55.0 Å². The Morgan fingerprint density at radius 2 is 1.93 bits per heavy atom. The molecule has 16 heteroatoms. The summed E-state index contributed by atoms with van der Waals surface area (Å²) in [6, 6.07) is 8.64. The number of alkyl halides is 3. The molecule has 2 aromatic heterocycles. The van der Waals surface area contributed by atoms with Crippen LogP contribution in [0.25, 0.3) is 0 Å². The SMILES string of the molecule is CC(C)C1=CN(CCN(O)c2nnc(CCCCc3ccc(NC(=O)Cc4cccc(OC(F)(F)F)c4)nn3)s2)NN1C. The number of hydroxylamine groups is 1. The topological polar surface area (TPSA) is 132 Å². The van der Waals surface area contributed by atoms with Gasteiger partial charge >= 0.3 is 6.36 Å². The zero-order valence-electron chi connectivity index (χ0n) is 24.0. The lowest BCUT2D eigenvalue weighted by molar-refractivity contribution is -0.274. The van der Waals surface area contributed by atoms with Crippen molar-refractivity contribution in [2.24, 2.45) is 5.92 Å². The predicted octanol–water partition coefficient (Wildman–Crippen LogP) is 4.33. The summed E-state index contributed by atoms with van der Waals surface area (Å²) < 4.78 is 41.1. The molecule has 1 aliphatic heterocycles.